The van der Waals surface area contributed by atoms with Gasteiger partial charge in [-0.2, -0.15) is 5.26 Å². The highest BCUT2D eigenvalue weighted by Gasteiger charge is 2.36. The van der Waals surface area contributed by atoms with E-state index in [9.17, 15) is 0 Å². The van der Waals surface area contributed by atoms with Crippen LogP contribution >= 0.6 is 0 Å². The predicted octanol–water partition coefficient (Wildman–Crippen LogP) is 2.99. The molecule has 26 heavy (non-hydrogen) atoms. The van der Waals surface area contributed by atoms with Crippen LogP contribution in [0, 0.1) is 11.3 Å². The van der Waals surface area contributed by atoms with Gasteiger partial charge in [0.15, 0.2) is 0 Å². The van der Waals surface area contributed by atoms with Crippen molar-refractivity contribution in [3.63, 3.8) is 0 Å². The van der Waals surface area contributed by atoms with Gasteiger partial charge in [0.05, 0.1) is 18.7 Å². The second kappa shape index (κ2) is 7.20. The van der Waals surface area contributed by atoms with Gasteiger partial charge < -0.3 is 14.5 Å². The largest absolute Gasteiger partial charge is 0.481 e. The number of hydrogen-bond donors (Lipinski definition) is 0. The molecule has 0 N–H and O–H groups in total. The zero-order valence-corrected chi connectivity index (χ0v) is 15.0. The van der Waals surface area contributed by atoms with Gasteiger partial charge in [0.25, 0.3) is 0 Å². The fraction of sp³-hybridized carbons (Fsp3) is 0.450. The summed E-state index contributed by atoms with van der Waals surface area (Å²) in [5.41, 5.74) is 1.91. The molecular formula is C20H23N5O. The molecule has 6 heteroatoms. The third kappa shape index (κ3) is 3.43. The first-order chi connectivity index (χ1) is 12.8. The molecule has 1 aromatic carbocycles. The van der Waals surface area contributed by atoms with E-state index in [0.717, 1.165) is 31.7 Å². The van der Waals surface area contributed by atoms with Crippen molar-refractivity contribution in [1.82, 2.24) is 9.97 Å². The van der Waals surface area contributed by atoms with Crippen LogP contribution in [0.25, 0.3) is 0 Å². The van der Waals surface area contributed by atoms with Gasteiger partial charge in [-0.3, -0.25) is 0 Å². The summed E-state index contributed by atoms with van der Waals surface area (Å²) in [6.45, 7) is 2.03. The number of nitriles is 1. The van der Waals surface area contributed by atoms with Crippen molar-refractivity contribution < 1.29 is 4.74 Å². The molecule has 1 saturated heterocycles. The first-order valence-electron chi connectivity index (χ1n) is 9.18. The lowest BCUT2D eigenvalue weighted by Crippen LogP contribution is -2.46. The maximum atomic E-state index is 8.95. The first kappa shape index (κ1) is 16.6. The number of aromatic nitrogens is 2. The Bertz CT molecular complexity index is 789. The Kier molecular flexibility index (Phi) is 4.61. The molecule has 0 atom stereocenters. The summed E-state index contributed by atoms with van der Waals surface area (Å²) in [7, 11) is 1.64. The summed E-state index contributed by atoms with van der Waals surface area (Å²) in [5, 5.41) is 8.95. The number of anilines is 2. The Balaban J connectivity index is 1.45. The number of nitrogens with zero attached hydrogens (tertiary/aromatic N) is 5. The third-order valence-corrected chi connectivity index (χ3v) is 5.26. The maximum Gasteiger partial charge on any atom is 0.218 e. The molecule has 0 amide bonds. The Morgan fingerprint density at radius 2 is 1.77 bits per heavy atom. The quantitative estimate of drug-likeness (QED) is 0.827. The molecule has 1 aromatic heterocycles. The zero-order chi connectivity index (χ0) is 17.9. The average molecular weight is 349 g/mol. The molecule has 1 saturated carbocycles. The van der Waals surface area contributed by atoms with E-state index in [2.05, 4.69) is 25.8 Å². The van der Waals surface area contributed by atoms with Crippen LogP contribution < -0.4 is 14.5 Å². The average Bonchev–Trinajstić information content (AvgIpc) is 3.54. The van der Waals surface area contributed by atoms with Crippen molar-refractivity contribution in [2.75, 3.05) is 30.0 Å². The molecule has 0 spiro atoms. The number of piperidine rings is 1. The molecule has 1 aliphatic carbocycles. The minimum absolute atomic E-state index is 0.497. The summed E-state index contributed by atoms with van der Waals surface area (Å²) in [6.07, 6.45) is 6.27. The van der Waals surface area contributed by atoms with E-state index < -0.39 is 0 Å². The molecule has 6 nitrogen and oxygen atoms in total. The van der Waals surface area contributed by atoms with Crippen LogP contribution in [0.5, 0.6) is 5.88 Å². The molecule has 0 radical (unpaired) electrons. The maximum absolute atomic E-state index is 8.95. The van der Waals surface area contributed by atoms with Gasteiger partial charge in [0.1, 0.15) is 12.1 Å². The molecular weight excluding hydrogens is 326 g/mol. The Morgan fingerprint density at radius 3 is 2.38 bits per heavy atom. The van der Waals surface area contributed by atoms with E-state index in [1.165, 1.54) is 18.5 Å². The Hall–Kier alpha value is -2.81. The van der Waals surface area contributed by atoms with Crippen LogP contribution in [0.3, 0.4) is 0 Å². The third-order valence-electron chi connectivity index (χ3n) is 5.26. The van der Waals surface area contributed by atoms with E-state index in [4.69, 9.17) is 10.00 Å². The molecule has 2 aromatic rings. The van der Waals surface area contributed by atoms with Crippen molar-refractivity contribution in [2.45, 2.75) is 37.8 Å². The second-order valence-electron chi connectivity index (χ2n) is 6.93. The van der Waals surface area contributed by atoms with E-state index in [-0.39, 0.29) is 0 Å². The fourth-order valence-corrected chi connectivity index (χ4v) is 3.76. The Labute approximate surface area is 154 Å². The van der Waals surface area contributed by atoms with Gasteiger partial charge in [-0.1, -0.05) is 0 Å². The molecule has 0 unspecified atom stereocenters. The number of rotatable bonds is 5. The number of hydrogen-bond acceptors (Lipinski definition) is 6. The van der Waals surface area contributed by atoms with Crippen LogP contribution in [0.15, 0.2) is 36.7 Å². The highest BCUT2D eigenvalue weighted by molar-refractivity contribution is 5.51. The SMILES string of the molecule is COc1cc(N(C2CC2)C2CCN(c3ccc(C#N)cc3)CC2)ncn1. The molecule has 2 heterocycles. The van der Waals surface area contributed by atoms with Crippen molar-refractivity contribution >= 4 is 11.5 Å². The summed E-state index contributed by atoms with van der Waals surface area (Å²) >= 11 is 0. The second-order valence-corrected chi connectivity index (χ2v) is 6.93. The van der Waals surface area contributed by atoms with Crippen molar-refractivity contribution in [2.24, 2.45) is 0 Å². The lowest BCUT2D eigenvalue weighted by molar-refractivity contribution is 0.395. The predicted molar refractivity (Wildman–Crippen MR) is 100 cm³/mol. The summed E-state index contributed by atoms with van der Waals surface area (Å²) in [4.78, 5) is 13.5. The lowest BCUT2D eigenvalue weighted by atomic mass is 10.0. The number of methoxy groups -OCH3 is 1. The van der Waals surface area contributed by atoms with Crippen LogP contribution in [-0.2, 0) is 0 Å². The van der Waals surface area contributed by atoms with E-state index in [1.54, 1.807) is 13.4 Å². The minimum atomic E-state index is 0.497. The highest BCUT2D eigenvalue weighted by Crippen LogP contribution is 2.36. The van der Waals surface area contributed by atoms with Crippen LogP contribution in [0.2, 0.25) is 0 Å². The van der Waals surface area contributed by atoms with E-state index >= 15 is 0 Å². The summed E-state index contributed by atoms with van der Waals surface area (Å²) < 4.78 is 5.28. The van der Waals surface area contributed by atoms with Crippen LogP contribution in [0.4, 0.5) is 11.5 Å². The lowest BCUT2D eigenvalue weighted by Gasteiger charge is -2.40. The minimum Gasteiger partial charge on any atom is -0.481 e. The van der Waals surface area contributed by atoms with Gasteiger partial charge in [-0.15, -0.1) is 0 Å². The van der Waals surface area contributed by atoms with Gasteiger partial charge in [0.2, 0.25) is 5.88 Å². The van der Waals surface area contributed by atoms with E-state index in [0.29, 0.717) is 23.5 Å². The number of benzene rings is 1. The first-order valence-corrected chi connectivity index (χ1v) is 9.18. The standard InChI is InChI=1S/C20H23N5O/c1-26-20-12-19(22-14-23-20)25(17-6-7-17)18-8-10-24(11-9-18)16-4-2-15(13-21)3-5-16/h2-5,12,14,17-18H,6-11H2,1H3. The van der Waals surface area contributed by atoms with Crippen molar-refractivity contribution in [1.29, 1.82) is 5.26 Å². The van der Waals surface area contributed by atoms with Gasteiger partial charge >= 0.3 is 0 Å². The summed E-state index contributed by atoms with van der Waals surface area (Å²) in [6, 6.07) is 13.1. The zero-order valence-electron chi connectivity index (χ0n) is 15.0. The Morgan fingerprint density at radius 1 is 1.08 bits per heavy atom. The van der Waals surface area contributed by atoms with E-state index in [1.807, 2.05) is 30.3 Å². The van der Waals surface area contributed by atoms with Gasteiger partial charge in [0, 0.05) is 36.9 Å². The molecule has 4 rings (SSSR count). The van der Waals surface area contributed by atoms with Crippen LogP contribution in [0.1, 0.15) is 31.2 Å². The highest BCUT2D eigenvalue weighted by atomic mass is 16.5. The van der Waals surface area contributed by atoms with Crippen LogP contribution in [-0.4, -0.2) is 42.3 Å². The summed E-state index contributed by atoms with van der Waals surface area (Å²) in [5.74, 6) is 1.60. The molecule has 134 valence electrons. The normalized spacial score (nSPS) is 17.6. The van der Waals surface area contributed by atoms with Gasteiger partial charge in [-0.05, 0) is 49.9 Å². The van der Waals surface area contributed by atoms with Crippen molar-refractivity contribution in [3.8, 4) is 11.9 Å². The molecule has 1 aliphatic heterocycles. The smallest absolute Gasteiger partial charge is 0.218 e. The topological polar surface area (TPSA) is 65.3 Å². The van der Waals surface area contributed by atoms with Crippen molar-refractivity contribution in [3.05, 3.63) is 42.2 Å². The monoisotopic (exact) mass is 349 g/mol. The molecule has 0 bridgehead atoms. The fourth-order valence-electron chi connectivity index (χ4n) is 3.76. The van der Waals surface area contributed by atoms with Gasteiger partial charge in [-0.25, -0.2) is 9.97 Å². The number of ether oxygens (including phenoxy) is 1. The molecule has 2 aliphatic rings. The molecule has 2 fully saturated rings.